The highest BCUT2D eigenvalue weighted by Gasteiger charge is 2.19. The van der Waals surface area contributed by atoms with Crippen LogP contribution in [-0.4, -0.2) is 13.2 Å². The molecular weight excluding hydrogens is 270 g/mol. The van der Waals surface area contributed by atoms with Crippen molar-refractivity contribution < 1.29 is 4.74 Å². The molecule has 0 saturated heterocycles. The lowest BCUT2D eigenvalue weighted by Gasteiger charge is -2.29. The van der Waals surface area contributed by atoms with Crippen LogP contribution in [0.1, 0.15) is 51.0 Å². The van der Waals surface area contributed by atoms with Crippen LogP contribution in [0.4, 0.5) is 0 Å². The molecular formula is C17H26ClNO. The summed E-state index contributed by atoms with van der Waals surface area (Å²) in [5.41, 5.74) is 1.23. The van der Waals surface area contributed by atoms with Crippen molar-refractivity contribution in [1.82, 2.24) is 5.32 Å². The first-order chi connectivity index (χ1) is 9.72. The highest BCUT2D eigenvalue weighted by molar-refractivity contribution is 6.32. The Bertz CT molecular complexity index is 413. The lowest BCUT2D eigenvalue weighted by atomic mass is 9.83. The number of hydrogen-bond donors (Lipinski definition) is 1. The lowest BCUT2D eigenvalue weighted by Crippen LogP contribution is -2.32. The molecule has 20 heavy (non-hydrogen) atoms. The smallest absolute Gasteiger partial charge is 0.137 e. The van der Waals surface area contributed by atoms with E-state index in [0.29, 0.717) is 11.1 Å². The summed E-state index contributed by atoms with van der Waals surface area (Å²) in [5, 5.41) is 4.36. The third-order valence-corrected chi connectivity index (χ3v) is 4.65. The number of benzene rings is 1. The van der Waals surface area contributed by atoms with Gasteiger partial charge in [0.25, 0.3) is 0 Å². The molecule has 0 aromatic heterocycles. The van der Waals surface area contributed by atoms with Gasteiger partial charge in [-0.3, -0.25) is 0 Å². The molecule has 0 radical (unpaired) electrons. The van der Waals surface area contributed by atoms with Gasteiger partial charge in [-0.1, -0.05) is 37.4 Å². The second-order valence-electron chi connectivity index (χ2n) is 5.86. The molecule has 1 aromatic carbocycles. The van der Waals surface area contributed by atoms with E-state index in [4.69, 9.17) is 16.3 Å². The first kappa shape index (κ1) is 15.7. The van der Waals surface area contributed by atoms with Crippen LogP contribution in [0, 0.1) is 5.92 Å². The van der Waals surface area contributed by atoms with E-state index < -0.39 is 0 Å². The minimum atomic E-state index is 0.670. The van der Waals surface area contributed by atoms with Crippen LogP contribution in [0.5, 0.6) is 5.75 Å². The zero-order valence-corrected chi connectivity index (χ0v) is 13.4. The molecule has 1 aliphatic rings. The maximum atomic E-state index is 6.15. The third-order valence-electron chi connectivity index (χ3n) is 4.35. The summed E-state index contributed by atoms with van der Waals surface area (Å²) >= 11 is 6.15. The van der Waals surface area contributed by atoms with E-state index in [1.807, 2.05) is 12.1 Å². The van der Waals surface area contributed by atoms with Crippen LogP contribution in [-0.2, 0) is 6.54 Å². The average molecular weight is 296 g/mol. The first-order valence-electron chi connectivity index (χ1n) is 7.78. The molecule has 3 heteroatoms. The molecule has 2 rings (SSSR count). The average Bonchev–Trinajstić information content (AvgIpc) is 2.47. The Morgan fingerprint density at radius 1 is 1.25 bits per heavy atom. The Kier molecular flexibility index (Phi) is 6.18. The van der Waals surface area contributed by atoms with Gasteiger partial charge < -0.3 is 10.1 Å². The molecule has 1 aliphatic carbocycles. The third kappa shape index (κ3) is 4.39. The SMILES string of the molecule is CCCC1CCC(NCc2ccc(OC)c(Cl)c2)CC1. The zero-order chi connectivity index (χ0) is 14.4. The summed E-state index contributed by atoms with van der Waals surface area (Å²) in [6.07, 6.45) is 8.13. The van der Waals surface area contributed by atoms with E-state index in [-0.39, 0.29) is 0 Å². The van der Waals surface area contributed by atoms with Crippen molar-refractivity contribution in [1.29, 1.82) is 0 Å². The normalized spacial score (nSPS) is 22.8. The van der Waals surface area contributed by atoms with Crippen LogP contribution in [0.2, 0.25) is 5.02 Å². The molecule has 0 atom stereocenters. The summed E-state index contributed by atoms with van der Waals surface area (Å²) in [4.78, 5) is 0. The molecule has 0 amide bonds. The van der Waals surface area contributed by atoms with E-state index in [1.54, 1.807) is 7.11 Å². The van der Waals surface area contributed by atoms with E-state index in [2.05, 4.69) is 18.3 Å². The van der Waals surface area contributed by atoms with Gasteiger partial charge in [-0.05, 0) is 49.3 Å². The quantitative estimate of drug-likeness (QED) is 0.814. The molecule has 2 nitrogen and oxygen atoms in total. The molecule has 0 spiro atoms. The predicted octanol–water partition coefficient (Wildman–Crippen LogP) is 4.80. The number of methoxy groups -OCH3 is 1. The number of ether oxygens (including phenoxy) is 1. The number of nitrogens with one attached hydrogen (secondary N) is 1. The Balaban J connectivity index is 1.77. The fourth-order valence-corrected chi connectivity index (χ4v) is 3.43. The zero-order valence-electron chi connectivity index (χ0n) is 12.6. The molecule has 1 fully saturated rings. The van der Waals surface area contributed by atoms with E-state index in [0.717, 1.165) is 18.2 Å². The molecule has 0 unspecified atom stereocenters. The Labute approximate surface area is 127 Å². The monoisotopic (exact) mass is 295 g/mol. The van der Waals surface area contributed by atoms with Gasteiger partial charge in [0.2, 0.25) is 0 Å². The highest BCUT2D eigenvalue weighted by Crippen LogP contribution is 2.28. The standard InChI is InChI=1S/C17H26ClNO/c1-3-4-13-5-8-15(9-6-13)19-12-14-7-10-17(20-2)16(18)11-14/h7,10-11,13,15,19H,3-6,8-9,12H2,1-2H3. The summed E-state index contributed by atoms with van der Waals surface area (Å²) in [5.74, 6) is 1.71. The molecule has 1 saturated carbocycles. The second kappa shape index (κ2) is 7.90. The largest absolute Gasteiger partial charge is 0.495 e. The van der Waals surface area contributed by atoms with Crippen molar-refractivity contribution in [2.45, 2.75) is 58.0 Å². The number of halogens is 1. The fourth-order valence-electron chi connectivity index (χ4n) is 3.15. The highest BCUT2D eigenvalue weighted by atomic mass is 35.5. The molecule has 1 aromatic rings. The Hall–Kier alpha value is -0.730. The van der Waals surface area contributed by atoms with Crippen molar-refractivity contribution >= 4 is 11.6 Å². The summed E-state index contributed by atoms with van der Waals surface area (Å²) < 4.78 is 5.18. The van der Waals surface area contributed by atoms with Crippen molar-refractivity contribution in [2.75, 3.05) is 7.11 Å². The minimum absolute atomic E-state index is 0.670. The summed E-state index contributed by atoms with van der Waals surface area (Å²) in [6.45, 7) is 3.19. The van der Waals surface area contributed by atoms with Gasteiger partial charge in [0.1, 0.15) is 5.75 Å². The predicted molar refractivity (Wildman–Crippen MR) is 85.5 cm³/mol. The number of rotatable bonds is 6. The van der Waals surface area contributed by atoms with Crippen LogP contribution in [0.3, 0.4) is 0 Å². The molecule has 0 aliphatic heterocycles. The van der Waals surface area contributed by atoms with Crippen LogP contribution >= 0.6 is 11.6 Å². The first-order valence-corrected chi connectivity index (χ1v) is 8.16. The van der Waals surface area contributed by atoms with Gasteiger partial charge >= 0.3 is 0 Å². The Morgan fingerprint density at radius 2 is 2.00 bits per heavy atom. The maximum absolute atomic E-state index is 6.15. The van der Waals surface area contributed by atoms with Crippen LogP contribution in [0.25, 0.3) is 0 Å². The topological polar surface area (TPSA) is 21.3 Å². The lowest BCUT2D eigenvalue weighted by molar-refractivity contribution is 0.277. The van der Waals surface area contributed by atoms with Gasteiger partial charge in [0, 0.05) is 12.6 Å². The van der Waals surface area contributed by atoms with E-state index >= 15 is 0 Å². The van der Waals surface area contributed by atoms with Gasteiger partial charge in [-0.2, -0.15) is 0 Å². The van der Waals surface area contributed by atoms with Crippen molar-refractivity contribution in [3.8, 4) is 5.75 Å². The van der Waals surface area contributed by atoms with Gasteiger partial charge in [0.15, 0.2) is 0 Å². The molecule has 0 heterocycles. The maximum Gasteiger partial charge on any atom is 0.137 e. The number of hydrogen-bond acceptors (Lipinski definition) is 2. The minimum Gasteiger partial charge on any atom is -0.495 e. The van der Waals surface area contributed by atoms with Crippen LogP contribution in [0.15, 0.2) is 18.2 Å². The molecule has 112 valence electrons. The van der Waals surface area contributed by atoms with Crippen molar-refractivity contribution in [3.05, 3.63) is 28.8 Å². The fraction of sp³-hybridized carbons (Fsp3) is 0.647. The van der Waals surface area contributed by atoms with Gasteiger partial charge in [-0.25, -0.2) is 0 Å². The molecule has 0 bridgehead atoms. The van der Waals surface area contributed by atoms with E-state index in [9.17, 15) is 0 Å². The summed E-state index contributed by atoms with van der Waals surface area (Å²) in [6, 6.07) is 6.69. The van der Waals surface area contributed by atoms with Crippen molar-refractivity contribution in [2.24, 2.45) is 5.92 Å². The van der Waals surface area contributed by atoms with Gasteiger partial charge in [-0.15, -0.1) is 0 Å². The summed E-state index contributed by atoms with van der Waals surface area (Å²) in [7, 11) is 1.65. The molecule has 1 N–H and O–H groups in total. The Morgan fingerprint density at radius 3 is 2.60 bits per heavy atom. The second-order valence-corrected chi connectivity index (χ2v) is 6.26. The van der Waals surface area contributed by atoms with E-state index in [1.165, 1.54) is 44.1 Å². The van der Waals surface area contributed by atoms with Crippen molar-refractivity contribution in [3.63, 3.8) is 0 Å². The van der Waals surface area contributed by atoms with Gasteiger partial charge in [0.05, 0.1) is 12.1 Å². The van der Waals surface area contributed by atoms with Crippen LogP contribution < -0.4 is 10.1 Å².